The quantitative estimate of drug-likeness (QED) is 0.716. The fourth-order valence-electron chi connectivity index (χ4n) is 2.06. The molecule has 0 aliphatic heterocycles. The second kappa shape index (κ2) is 9.16. The summed E-state index contributed by atoms with van der Waals surface area (Å²) in [6.07, 6.45) is 0. The third kappa shape index (κ3) is 5.58. The number of nitrogens with one attached hydrogen (secondary N) is 1. The fourth-order valence-corrected chi connectivity index (χ4v) is 2.06. The molecule has 0 aromatic heterocycles. The molecule has 0 saturated carbocycles. The van der Waals surface area contributed by atoms with E-state index in [0.717, 1.165) is 25.4 Å². The van der Waals surface area contributed by atoms with Crippen molar-refractivity contribution in [3.8, 4) is 5.75 Å². The molecule has 0 bridgehead atoms. The monoisotopic (exact) mass is 285 g/mol. The predicted molar refractivity (Wildman–Crippen MR) is 85.4 cm³/mol. The predicted octanol–water partition coefficient (Wildman–Crippen LogP) is 3.39. The van der Waals surface area contributed by atoms with Crippen LogP contribution in [0.5, 0.6) is 5.75 Å². The summed E-state index contributed by atoms with van der Waals surface area (Å²) in [7, 11) is 0. The molecule has 1 N–H and O–H groups in total. The van der Waals surface area contributed by atoms with E-state index in [2.05, 4.69) is 29.6 Å². The van der Waals surface area contributed by atoms with Crippen molar-refractivity contribution in [3.05, 3.63) is 65.7 Å². The highest BCUT2D eigenvalue weighted by molar-refractivity contribution is 5.26. The Morgan fingerprint density at radius 2 is 1.62 bits per heavy atom. The van der Waals surface area contributed by atoms with Crippen molar-refractivity contribution in [1.29, 1.82) is 0 Å². The zero-order valence-electron chi connectivity index (χ0n) is 12.5. The summed E-state index contributed by atoms with van der Waals surface area (Å²) in [5, 5.41) is 3.41. The van der Waals surface area contributed by atoms with Gasteiger partial charge in [-0.25, -0.2) is 0 Å². The molecule has 2 aromatic carbocycles. The van der Waals surface area contributed by atoms with Gasteiger partial charge in [-0.3, -0.25) is 0 Å². The molecular formula is C18H23NO2. The van der Waals surface area contributed by atoms with E-state index in [1.165, 1.54) is 11.1 Å². The van der Waals surface area contributed by atoms with Gasteiger partial charge >= 0.3 is 0 Å². The molecule has 0 spiro atoms. The van der Waals surface area contributed by atoms with Crippen LogP contribution in [0.2, 0.25) is 0 Å². The molecule has 0 radical (unpaired) electrons. The topological polar surface area (TPSA) is 30.5 Å². The normalized spacial score (nSPS) is 10.5. The van der Waals surface area contributed by atoms with Crippen LogP contribution in [0.3, 0.4) is 0 Å². The Kier molecular flexibility index (Phi) is 6.78. The average Bonchev–Trinajstić information content (AvgIpc) is 2.54. The summed E-state index contributed by atoms with van der Waals surface area (Å²) >= 11 is 0. The Hall–Kier alpha value is -1.84. The van der Waals surface area contributed by atoms with Gasteiger partial charge in [0, 0.05) is 19.7 Å². The Bertz CT molecular complexity index is 514. The summed E-state index contributed by atoms with van der Waals surface area (Å²) in [5.41, 5.74) is 2.53. The molecule has 0 aliphatic rings. The maximum absolute atomic E-state index is 5.65. The van der Waals surface area contributed by atoms with Crippen LogP contribution in [0.25, 0.3) is 0 Å². The largest absolute Gasteiger partial charge is 0.492 e. The van der Waals surface area contributed by atoms with E-state index in [0.29, 0.717) is 13.2 Å². The number of para-hydroxylation sites is 1. The summed E-state index contributed by atoms with van der Waals surface area (Å²) in [4.78, 5) is 0. The highest BCUT2D eigenvalue weighted by Crippen LogP contribution is 2.10. The van der Waals surface area contributed by atoms with Crippen molar-refractivity contribution in [2.75, 3.05) is 19.8 Å². The van der Waals surface area contributed by atoms with Crippen molar-refractivity contribution in [1.82, 2.24) is 5.32 Å². The van der Waals surface area contributed by atoms with Gasteiger partial charge in [-0.15, -0.1) is 0 Å². The van der Waals surface area contributed by atoms with Gasteiger partial charge in [-0.2, -0.15) is 0 Å². The maximum atomic E-state index is 5.65. The standard InChI is InChI=1S/C18H23NO2/c1-2-20-15-17-9-7-6-8-16(17)14-19-12-13-21-18-10-4-3-5-11-18/h3-11,19H,2,12-15H2,1H3. The van der Waals surface area contributed by atoms with Gasteiger partial charge in [0.1, 0.15) is 12.4 Å². The van der Waals surface area contributed by atoms with Crippen LogP contribution in [-0.2, 0) is 17.9 Å². The van der Waals surface area contributed by atoms with E-state index in [4.69, 9.17) is 9.47 Å². The van der Waals surface area contributed by atoms with Crippen LogP contribution in [-0.4, -0.2) is 19.8 Å². The molecular weight excluding hydrogens is 262 g/mol. The average molecular weight is 285 g/mol. The lowest BCUT2D eigenvalue weighted by atomic mass is 10.1. The maximum Gasteiger partial charge on any atom is 0.119 e. The molecule has 3 heteroatoms. The Morgan fingerprint density at radius 3 is 2.38 bits per heavy atom. The number of benzene rings is 2. The van der Waals surface area contributed by atoms with E-state index in [9.17, 15) is 0 Å². The summed E-state index contributed by atoms with van der Waals surface area (Å²) in [6, 6.07) is 18.3. The van der Waals surface area contributed by atoms with Crippen molar-refractivity contribution < 1.29 is 9.47 Å². The smallest absolute Gasteiger partial charge is 0.119 e. The molecule has 0 unspecified atom stereocenters. The first kappa shape index (κ1) is 15.5. The van der Waals surface area contributed by atoms with Gasteiger partial charge in [-0.05, 0) is 30.2 Å². The van der Waals surface area contributed by atoms with Crippen molar-refractivity contribution >= 4 is 0 Å². The first-order valence-corrected chi connectivity index (χ1v) is 7.43. The zero-order chi connectivity index (χ0) is 14.8. The third-order valence-electron chi connectivity index (χ3n) is 3.19. The fraction of sp³-hybridized carbons (Fsp3) is 0.333. The minimum atomic E-state index is 0.664. The number of hydrogen-bond donors (Lipinski definition) is 1. The molecule has 112 valence electrons. The molecule has 21 heavy (non-hydrogen) atoms. The van der Waals surface area contributed by atoms with Crippen LogP contribution >= 0.6 is 0 Å². The first-order chi connectivity index (χ1) is 10.4. The minimum absolute atomic E-state index is 0.664. The second-order valence-electron chi connectivity index (χ2n) is 4.74. The molecule has 0 aliphatic carbocycles. The Morgan fingerprint density at radius 1 is 0.905 bits per heavy atom. The SMILES string of the molecule is CCOCc1ccccc1CNCCOc1ccccc1. The highest BCUT2D eigenvalue weighted by atomic mass is 16.5. The van der Waals surface area contributed by atoms with Crippen molar-refractivity contribution in [3.63, 3.8) is 0 Å². The van der Waals surface area contributed by atoms with Gasteiger partial charge in [0.25, 0.3) is 0 Å². The zero-order valence-corrected chi connectivity index (χ0v) is 12.5. The van der Waals surface area contributed by atoms with E-state index in [1.807, 2.05) is 37.3 Å². The van der Waals surface area contributed by atoms with Crippen LogP contribution in [0.4, 0.5) is 0 Å². The van der Waals surface area contributed by atoms with E-state index in [-0.39, 0.29) is 0 Å². The van der Waals surface area contributed by atoms with Gasteiger partial charge in [0.2, 0.25) is 0 Å². The molecule has 0 heterocycles. The summed E-state index contributed by atoms with van der Waals surface area (Å²) in [5.74, 6) is 0.913. The van der Waals surface area contributed by atoms with Gasteiger partial charge < -0.3 is 14.8 Å². The lowest BCUT2D eigenvalue weighted by molar-refractivity contribution is 0.133. The number of hydrogen-bond acceptors (Lipinski definition) is 3. The lowest BCUT2D eigenvalue weighted by Crippen LogP contribution is -2.21. The van der Waals surface area contributed by atoms with Gasteiger partial charge in [0.15, 0.2) is 0 Å². The first-order valence-electron chi connectivity index (χ1n) is 7.43. The van der Waals surface area contributed by atoms with Crippen LogP contribution in [0.1, 0.15) is 18.1 Å². The van der Waals surface area contributed by atoms with E-state index in [1.54, 1.807) is 0 Å². The Balaban J connectivity index is 1.71. The van der Waals surface area contributed by atoms with Gasteiger partial charge in [-0.1, -0.05) is 42.5 Å². The third-order valence-corrected chi connectivity index (χ3v) is 3.19. The van der Waals surface area contributed by atoms with E-state index < -0.39 is 0 Å². The van der Waals surface area contributed by atoms with Crippen molar-refractivity contribution in [2.45, 2.75) is 20.1 Å². The van der Waals surface area contributed by atoms with Crippen LogP contribution < -0.4 is 10.1 Å². The van der Waals surface area contributed by atoms with Crippen molar-refractivity contribution in [2.24, 2.45) is 0 Å². The molecule has 0 atom stereocenters. The summed E-state index contributed by atoms with van der Waals surface area (Å²) in [6.45, 7) is 5.75. The molecule has 2 aromatic rings. The molecule has 0 amide bonds. The second-order valence-corrected chi connectivity index (χ2v) is 4.74. The van der Waals surface area contributed by atoms with Gasteiger partial charge in [0.05, 0.1) is 6.61 Å². The lowest BCUT2D eigenvalue weighted by Gasteiger charge is -2.11. The number of ether oxygens (including phenoxy) is 2. The Labute approximate surface area is 126 Å². The minimum Gasteiger partial charge on any atom is -0.492 e. The van der Waals surface area contributed by atoms with Crippen LogP contribution in [0.15, 0.2) is 54.6 Å². The van der Waals surface area contributed by atoms with E-state index >= 15 is 0 Å². The number of rotatable bonds is 9. The highest BCUT2D eigenvalue weighted by Gasteiger charge is 2.01. The summed E-state index contributed by atoms with van der Waals surface area (Å²) < 4.78 is 11.1. The van der Waals surface area contributed by atoms with Crippen LogP contribution in [0, 0.1) is 0 Å². The molecule has 2 rings (SSSR count). The molecule has 3 nitrogen and oxygen atoms in total. The molecule has 0 fully saturated rings. The molecule has 0 saturated heterocycles.